The summed E-state index contributed by atoms with van der Waals surface area (Å²) in [6.07, 6.45) is 11.5. The molecule has 3 aromatic rings. The Kier molecular flexibility index (Phi) is 11.8. The van der Waals surface area contributed by atoms with Gasteiger partial charge in [-0.05, 0) is 49.1 Å². The fourth-order valence-corrected chi connectivity index (χ4v) is 3.90. The van der Waals surface area contributed by atoms with Crippen LogP contribution < -0.4 is 0 Å². The van der Waals surface area contributed by atoms with E-state index in [1.165, 1.54) is 24.8 Å². The number of alkyl halides is 1. The number of ether oxygens (including phenoxy) is 1. The van der Waals surface area contributed by atoms with Gasteiger partial charge in [-0.3, -0.25) is 0 Å². The molecule has 1 atom stereocenters. The van der Waals surface area contributed by atoms with Gasteiger partial charge in [-0.15, -0.1) is 0 Å². The number of unbranched alkanes of at least 4 members (excludes halogenated alkanes) is 5. The van der Waals surface area contributed by atoms with Gasteiger partial charge in [0.25, 0.3) is 0 Å². The van der Waals surface area contributed by atoms with Crippen LogP contribution in [0.3, 0.4) is 0 Å². The number of rotatable bonds is 13. The fourth-order valence-electron chi connectivity index (χ4n) is 3.90. The van der Waals surface area contributed by atoms with Crippen molar-refractivity contribution in [2.24, 2.45) is 0 Å². The minimum absolute atomic E-state index is 0.207. The first-order valence-electron chi connectivity index (χ1n) is 13.4. The number of aromatic nitrogens is 2. The molecule has 0 aliphatic carbocycles. The molecular weight excluding hydrogens is 463 g/mol. The summed E-state index contributed by atoms with van der Waals surface area (Å²) in [4.78, 5) is 21.1. The third-order valence-electron chi connectivity index (χ3n) is 6.17. The van der Waals surface area contributed by atoms with E-state index in [1.54, 1.807) is 36.7 Å². The molecule has 1 heterocycles. The molecule has 0 bridgehead atoms. The second kappa shape index (κ2) is 15.6. The summed E-state index contributed by atoms with van der Waals surface area (Å²) in [5.41, 5.74) is 4.18. The van der Waals surface area contributed by atoms with Crippen molar-refractivity contribution in [1.82, 2.24) is 9.97 Å². The van der Waals surface area contributed by atoms with Crippen molar-refractivity contribution in [2.75, 3.05) is 6.61 Å². The first-order chi connectivity index (χ1) is 18.1. The second-order valence-corrected chi connectivity index (χ2v) is 9.32. The van der Waals surface area contributed by atoms with Crippen LogP contribution in [0.1, 0.15) is 92.3 Å². The van der Waals surface area contributed by atoms with Gasteiger partial charge >= 0.3 is 5.97 Å². The van der Waals surface area contributed by atoms with Gasteiger partial charge in [0, 0.05) is 23.5 Å². The maximum Gasteiger partial charge on any atom is 0.338 e. The SMILES string of the molecule is CCCCCCC(F)COC(=O)c1ccc(-c2ncc(C#Cc3ccc(CCCCC)cc3)cn2)cc1. The molecule has 0 fully saturated rings. The number of aryl methyl sites for hydroxylation is 1. The topological polar surface area (TPSA) is 52.1 Å². The lowest BCUT2D eigenvalue weighted by atomic mass is 10.1. The quantitative estimate of drug-likeness (QED) is 0.137. The van der Waals surface area contributed by atoms with Crippen LogP contribution in [0.5, 0.6) is 0 Å². The van der Waals surface area contributed by atoms with Crippen molar-refractivity contribution in [3.05, 3.63) is 83.2 Å². The number of hydrogen-bond acceptors (Lipinski definition) is 4. The number of carbonyl (C=O) groups is 1. The van der Waals surface area contributed by atoms with Gasteiger partial charge in [-0.25, -0.2) is 19.2 Å². The lowest BCUT2D eigenvalue weighted by Crippen LogP contribution is -2.15. The van der Waals surface area contributed by atoms with Gasteiger partial charge in [0.15, 0.2) is 5.82 Å². The first kappa shape index (κ1) is 28.1. The van der Waals surface area contributed by atoms with E-state index in [-0.39, 0.29) is 6.61 Å². The number of hydrogen-bond donors (Lipinski definition) is 0. The summed E-state index contributed by atoms with van der Waals surface area (Å²) in [7, 11) is 0. The highest BCUT2D eigenvalue weighted by atomic mass is 19.1. The van der Waals surface area contributed by atoms with Crippen molar-refractivity contribution >= 4 is 5.97 Å². The Labute approximate surface area is 220 Å². The molecular formula is C32H37FN2O2. The zero-order valence-corrected chi connectivity index (χ0v) is 22.0. The molecule has 0 N–H and O–H groups in total. The Morgan fingerprint density at radius 2 is 1.49 bits per heavy atom. The van der Waals surface area contributed by atoms with Crippen LogP contribution in [0.2, 0.25) is 0 Å². The van der Waals surface area contributed by atoms with Crippen molar-refractivity contribution in [1.29, 1.82) is 0 Å². The van der Waals surface area contributed by atoms with Gasteiger partial charge in [0.05, 0.1) is 11.1 Å². The molecule has 0 spiro atoms. The Morgan fingerprint density at radius 1 is 0.838 bits per heavy atom. The largest absolute Gasteiger partial charge is 0.459 e. The zero-order valence-electron chi connectivity index (χ0n) is 22.0. The molecule has 0 aliphatic rings. The normalized spacial score (nSPS) is 11.4. The van der Waals surface area contributed by atoms with Gasteiger partial charge in [0.1, 0.15) is 12.8 Å². The van der Waals surface area contributed by atoms with Crippen LogP contribution in [0.15, 0.2) is 60.9 Å². The van der Waals surface area contributed by atoms with Crippen LogP contribution in [0, 0.1) is 11.8 Å². The highest BCUT2D eigenvalue weighted by Gasteiger charge is 2.13. The fraction of sp³-hybridized carbons (Fsp3) is 0.406. The molecule has 1 unspecified atom stereocenters. The first-order valence-corrected chi connectivity index (χ1v) is 13.4. The Hall–Kier alpha value is -3.52. The van der Waals surface area contributed by atoms with Crippen LogP contribution in [0.25, 0.3) is 11.4 Å². The number of esters is 1. The Morgan fingerprint density at radius 3 is 2.16 bits per heavy atom. The maximum atomic E-state index is 13.9. The standard InChI is InChI=1S/C32H37FN2O2/c1-3-5-7-9-11-30(33)24-37-32(36)29-20-18-28(19-21-29)31-34-22-27(23-35-31)17-16-26-14-12-25(13-15-26)10-8-6-4-2/h12-15,18-23,30H,3-11,24H2,1-2H3. The molecule has 2 aromatic carbocycles. The summed E-state index contributed by atoms with van der Waals surface area (Å²) in [6, 6.07) is 15.2. The summed E-state index contributed by atoms with van der Waals surface area (Å²) >= 11 is 0. The monoisotopic (exact) mass is 500 g/mol. The number of halogens is 1. The average Bonchev–Trinajstić information content (AvgIpc) is 2.94. The van der Waals surface area contributed by atoms with E-state index in [1.807, 2.05) is 0 Å². The van der Waals surface area contributed by atoms with Crippen LogP contribution >= 0.6 is 0 Å². The number of nitrogens with zero attached hydrogens (tertiary/aromatic N) is 2. The lowest BCUT2D eigenvalue weighted by Gasteiger charge is -2.09. The smallest absolute Gasteiger partial charge is 0.338 e. The van der Waals surface area contributed by atoms with Crippen LogP contribution in [-0.4, -0.2) is 28.7 Å². The highest BCUT2D eigenvalue weighted by Crippen LogP contribution is 2.17. The van der Waals surface area contributed by atoms with Crippen molar-refractivity contribution < 1.29 is 13.9 Å². The maximum absolute atomic E-state index is 13.9. The summed E-state index contributed by atoms with van der Waals surface area (Å²) in [5.74, 6) is 6.29. The van der Waals surface area contributed by atoms with Crippen molar-refractivity contribution in [3.63, 3.8) is 0 Å². The molecule has 0 saturated heterocycles. The summed E-state index contributed by atoms with van der Waals surface area (Å²) in [5, 5.41) is 0. The van der Waals surface area contributed by atoms with E-state index in [0.717, 1.165) is 48.8 Å². The van der Waals surface area contributed by atoms with E-state index < -0.39 is 12.1 Å². The Bertz CT molecular complexity index is 1150. The molecule has 4 nitrogen and oxygen atoms in total. The highest BCUT2D eigenvalue weighted by molar-refractivity contribution is 5.89. The molecule has 194 valence electrons. The molecule has 5 heteroatoms. The van der Waals surface area contributed by atoms with Gasteiger partial charge in [-0.2, -0.15) is 0 Å². The van der Waals surface area contributed by atoms with E-state index >= 15 is 0 Å². The summed E-state index contributed by atoms with van der Waals surface area (Å²) in [6.45, 7) is 4.12. The van der Waals surface area contributed by atoms with Crippen LogP contribution in [0.4, 0.5) is 4.39 Å². The zero-order chi connectivity index (χ0) is 26.3. The molecule has 0 saturated carbocycles. The minimum atomic E-state index is -1.12. The van der Waals surface area contributed by atoms with Gasteiger partial charge in [0.2, 0.25) is 0 Å². The second-order valence-electron chi connectivity index (χ2n) is 9.32. The average molecular weight is 501 g/mol. The molecule has 37 heavy (non-hydrogen) atoms. The van der Waals surface area contributed by atoms with Crippen molar-refractivity contribution in [2.45, 2.75) is 77.8 Å². The number of benzene rings is 2. The van der Waals surface area contributed by atoms with E-state index in [2.05, 4.69) is 59.9 Å². The molecule has 0 aliphatic heterocycles. The van der Waals surface area contributed by atoms with E-state index in [9.17, 15) is 9.18 Å². The third-order valence-corrected chi connectivity index (χ3v) is 6.17. The lowest BCUT2D eigenvalue weighted by molar-refractivity contribution is 0.0389. The molecule has 1 aromatic heterocycles. The van der Waals surface area contributed by atoms with Gasteiger partial charge in [-0.1, -0.05) is 88.5 Å². The van der Waals surface area contributed by atoms with Crippen molar-refractivity contribution in [3.8, 4) is 23.2 Å². The minimum Gasteiger partial charge on any atom is -0.459 e. The predicted molar refractivity (Wildman–Crippen MR) is 147 cm³/mol. The van der Waals surface area contributed by atoms with E-state index in [0.29, 0.717) is 17.8 Å². The predicted octanol–water partition coefficient (Wildman–Crippen LogP) is 7.74. The number of carbonyl (C=O) groups excluding carboxylic acids is 1. The van der Waals surface area contributed by atoms with Gasteiger partial charge < -0.3 is 4.74 Å². The molecule has 3 rings (SSSR count). The third kappa shape index (κ3) is 9.80. The Balaban J connectivity index is 1.50. The van der Waals surface area contributed by atoms with E-state index in [4.69, 9.17) is 4.74 Å². The van der Waals surface area contributed by atoms with Crippen LogP contribution in [-0.2, 0) is 11.2 Å². The summed E-state index contributed by atoms with van der Waals surface area (Å²) < 4.78 is 19.1. The molecule has 0 amide bonds. The molecule has 0 radical (unpaired) electrons.